The lowest BCUT2D eigenvalue weighted by molar-refractivity contribution is -0.120. The zero-order chi connectivity index (χ0) is 32.4. The summed E-state index contributed by atoms with van der Waals surface area (Å²) in [5.74, 6) is 0.246. The number of phenols is 3. The maximum absolute atomic E-state index is 12.2. The molecule has 3 aromatic rings. The average molecular weight is 633 g/mol. The molecule has 1 spiro atoms. The molecule has 234 valence electrons. The Morgan fingerprint density at radius 3 is 2.54 bits per heavy atom. The van der Waals surface area contributed by atoms with E-state index in [1.807, 2.05) is 74.0 Å². The predicted octanol–water partition coefficient (Wildman–Crippen LogP) is 4.76. The minimum Gasteiger partial charge on any atom is -0.507 e. The van der Waals surface area contributed by atoms with Gasteiger partial charge >= 0.3 is 0 Å². The summed E-state index contributed by atoms with van der Waals surface area (Å²) in [4.78, 5) is 19.3. The summed E-state index contributed by atoms with van der Waals surface area (Å²) >= 11 is 1.49. The Morgan fingerprint density at radius 2 is 1.85 bits per heavy atom. The second-order valence-electron chi connectivity index (χ2n) is 12.2. The van der Waals surface area contributed by atoms with Crippen molar-refractivity contribution in [2.24, 2.45) is 4.99 Å². The number of hydrogen-bond donors (Lipinski definition) is 5. The van der Waals surface area contributed by atoms with Gasteiger partial charge in [0.1, 0.15) is 17.2 Å². The number of phenolic OH excluding ortho intramolecular Hbond substituents is 3. The number of thioether (sulfide) groups is 1. The fourth-order valence-corrected chi connectivity index (χ4v) is 8.58. The van der Waals surface area contributed by atoms with Crippen molar-refractivity contribution in [2.45, 2.75) is 49.7 Å². The number of aryl methyl sites for hydroxylation is 1. The fourth-order valence-electron chi connectivity index (χ4n) is 7.44. The van der Waals surface area contributed by atoms with Gasteiger partial charge in [-0.3, -0.25) is 9.79 Å². The van der Waals surface area contributed by atoms with Gasteiger partial charge in [-0.05, 0) is 66.7 Å². The third-order valence-corrected chi connectivity index (χ3v) is 10.5. The minimum atomic E-state index is -0.883. The van der Waals surface area contributed by atoms with E-state index in [9.17, 15) is 20.1 Å². The van der Waals surface area contributed by atoms with Gasteiger partial charge in [-0.1, -0.05) is 54.8 Å². The number of nitrogens with zero attached hydrogens (tertiary/aromatic N) is 2. The number of nitrogens with one attached hydrogen (secondary N) is 2. The van der Waals surface area contributed by atoms with Crippen LogP contribution in [0.1, 0.15) is 42.5 Å². The highest BCUT2D eigenvalue weighted by Gasteiger charge is 2.46. The number of rotatable bonds is 6. The van der Waals surface area contributed by atoms with Crippen molar-refractivity contribution in [3.63, 3.8) is 0 Å². The van der Waals surface area contributed by atoms with Crippen LogP contribution < -0.4 is 21.1 Å². The van der Waals surface area contributed by atoms with Crippen molar-refractivity contribution in [2.75, 3.05) is 12.4 Å². The van der Waals surface area contributed by atoms with E-state index in [-0.39, 0.29) is 28.7 Å². The topological polar surface area (TPSA) is 117 Å². The first-order valence-corrected chi connectivity index (χ1v) is 16.3. The number of amides is 1. The van der Waals surface area contributed by atoms with Crippen LogP contribution in [0.3, 0.4) is 0 Å². The lowest BCUT2D eigenvalue weighted by atomic mass is 9.79. The van der Waals surface area contributed by atoms with Crippen molar-refractivity contribution in [3.8, 4) is 17.2 Å². The van der Waals surface area contributed by atoms with Crippen molar-refractivity contribution >= 4 is 52.5 Å². The van der Waals surface area contributed by atoms with Crippen molar-refractivity contribution in [1.82, 2.24) is 10.2 Å². The summed E-state index contributed by atoms with van der Waals surface area (Å²) in [6.07, 6.45) is 17.2. The molecule has 1 amide bonds. The van der Waals surface area contributed by atoms with Gasteiger partial charge in [0.2, 0.25) is 5.91 Å². The molecule has 0 bridgehead atoms. The van der Waals surface area contributed by atoms with Crippen LogP contribution in [0, 0.1) is 0 Å². The summed E-state index contributed by atoms with van der Waals surface area (Å²) in [6.45, 7) is 7.47. The molecule has 0 aromatic heterocycles. The van der Waals surface area contributed by atoms with Crippen LogP contribution in [0.25, 0.3) is 22.9 Å². The van der Waals surface area contributed by atoms with E-state index in [4.69, 9.17) is 4.99 Å². The average Bonchev–Trinajstić information content (AvgIpc) is 3.75. The van der Waals surface area contributed by atoms with Gasteiger partial charge in [-0.25, -0.2) is 0 Å². The molecule has 3 atom stereocenters. The molecule has 46 heavy (non-hydrogen) atoms. The highest BCUT2D eigenvalue weighted by Crippen LogP contribution is 2.51. The van der Waals surface area contributed by atoms with Crippen molar-refractivity contribution in [3.05, 3.63) is 105 Å². The number of carbonyl (C=O) groups is 1. The first-order chi connectivity index (χ1) is 22.1. The molecule has 0 radical (unpaired) electrons. The first-order valence-electron chi connectivity index (χ1n) is 15.3. The van der Waals surface area contributed by atoms with Gasteiger partial charge in [0.05, 0.1) is 0 Å². The normalized spacial score (nSPS) is 24.2. The lowest BCUT2D eigenvalue weighted by Gasteiger charge is -2.44. The number of anilines is 1. The van der Waals surface area contributed by atoms with Crippen LogP contribution in [0.15, 0.2) is 77.3 Å². The van der Waals surface area contributed by atoms with Gasteiger partial charge in [-0.15, -0.1) is 0 Å². The van der Waals surface area contributed by atoms with Crippen molar-refractivity contribution < 1.29 is 20.1 Å². The Hall–Kier alpha value is -4.89. The monoisotopic (exact) mass is 632 g/mol. The van der Waals surface area contributed by atoms with Gasteiger partial charge in [0.15, 0.2) is 11.2 Å². The summed E-state index contributed by atoms with van der Waals surface area (Å²) in [5.41, 5.74) is 3.12. The van der Waals surface area contributed by atoms with Crippen molar-refractivity contribution in [1.29, 1.82) is 0 Å². The Labute approximate surface area is 271 Å². The number of carbonyl (C=O) groups excluding carboxylic acids is 1. The first kappa shape index (κ1) is 29.8. The molecule has 7 rings (SSSR count). The molecular formula is C37H36N4O4S. The highest BCUT2D eigenvalue weighted by molar-refractivity contribution is 8.02. The van der Waals surface area contributed by atoms with E-state index in [1.54, 1.807) is 12.3 Å². The molecular weight excluding hydrogens is 596 g/mol. The molecule has 3 aromatic carbocycles. The molecule has 8 nitrogen and oxygen atoms in total. The Balaban J connectivity index is 1.36. The molecule has 0 saturated carbocycles. The maximum Gasteiger partial charge on any atom is 0.219 e. The number of hydrogen-bond acceptors (Lipinski definition) is 8. The highest BCUT2D eigenvalue weighted by atomic mass is 32.2. The van der Waals surface area contributed by atoms with Gasteiger partial charge in [-0.2, -0.15) is 0 Å². The summed E-state index contributed by atoms with van der Waals surface area (Å²) in [6, 6.07) is 7.67. The van der Waals surface area contributed by atoms with E-state index < -0.39 is 11.1 Å². The Bertz CT molecular complexity index is 2100. The van der Waals surface area contributed by atoms with Crippen LogP contribution in [-0.2, 0) is 23.1 Å². The zero-order valence-corrected chi connectivity index (χ0v) is 26.8. The SMILES string of the molecule is C=CC1=CSC(NC(C)=O)N1C1(/C=C/C=C/C)Cc2cc3c(c(O)c2C=N1)[C@]1(C=c2c(O)c4ccc(NC)cc4c(O)c2=C1)CC3. The maximum atomic E-state index is 12.2. The van der Waals surface area contributed by atoms with Gasteiger partial charge in [0, 0.05) is 75.7 Å². The van der Waals surface area contributed by atoms with E-state index >= 15 is 0 Å². The molecule has 5 N–H and O–H groups in total. The smallest absolute Gasteiger partial charge is 0.219 e. The van der Waals surface area contributed by atoms with Crippen LogP contribution >= 0.6 is 11.8 Å². The number of fused-ring (bicyclic) bond motifs is 5. The van der Waals surface area contributed by atoms with Crippen LogP contribution in [0.4, 0.5) is 5.69 Å². The lowest BCUT2D eigenvalue weighted by Crippen LogP contribution is -2.55. The van der Waals surface area contributed by atoms with Gasteiger partial charge < -0.3 is 30.9 Å². The minimum absolute atomic E-state index is 0.112. The summed E-state index contributed by atoms with van der Waals surface area (Å²) < 4.78 is 0. The number of allylic oxidation sites excluding steroid dienone is 4. The zero-order valence-electron chi connectivity index (χ0n) is 26.0. The van der Waals surface area contributed by atoms with Crippen LogP contribution in [0.2, 0.25) is 0 Å². The standard InChI is InChI=1S/C37H36N4O4S/c1-5-7-8-12-37(41-25(6-2)20-46-35(41)40-21(3)42)16-23-14-22-11-13-36(31(22)34(45)30(23)19-39-37)17-28-29(18-36)33(44)27-15-24(38-4)9-10-26(27)32(28)43/h5-10,12,14-15,17-20,35,38,43-45H,2,11,13,16H2,1,3-4H3,(H,40,42)/b7-5+,12-8+/t35?,36-,37?/m0/s1. The third-order valence-electron chi connectivity index (χ3n) is 9.52. The molecule has 0 fully saturated rings. The van der Waals surface area contributed by atoms with E-state index in [2.05, 4.69) is 28.2 Å². The fraction of sp³-hybridized carbons (Fsp3) is 0.243. The third kappa shape index (κ3) is 4.36. The van der Waals surface area contributed by atoms with E-state index in [0.29, 0.717) is 46.0 Å². The summed E-state index contributed by atoms with van der Waals surface area (Å²) in [7, 11) is 1.81. The predicted molar refractivity (Wildman–Crippen MR) is 186 cm³/mol. The molecule has 9 heteroatoms. The Morgan fingerprint density at radius 1 is 1.09 bits per heavy atom. The number of aliphatic imine (C=N–C) groups is 1. The molecule has 4 aliphatic rings. The quantitative estimate of drug-likeness (QED) is 0.197. The number of aromatic hydroxyl groups is 3. The second kappa shape index (κ2) is 10.9. The molecule has 2 unspecified atom stereocenters. The molecule has 2 aliphatic heterocycles. The summed E-state index contributed by atoms with van der Waals surface area (Å²) in [5, 5.41) is 45.1. The van der Waals surface area contributed by atoms with Crippen LogP contribution in [0.5, 0.6) is 17.2 Å². The largest absolute Gasteiger partial charge is 0.507 e. The van der Waals surface area contributed by atoms with E-state index in [1.165, 1.54) is 18.7 Å². The second-order valence-corrected chi connectivity index (χ2v) is 13.2. The molecule has 2 aliphatic carbocycles. The molecule has 2 heterocycles. The van der Waals surface area contributed by atoms with E-state index in [0.717, 1.165) is 28.1 Å². The Kier molecular flexibility index (Phi) is 7.05. The number of benzene rings is 3. The molecule has 0 saturated heterocycles. The van der Waals surface area contributed by atoms with Crippen LogP contribution in [-0.4, -0.2) is 50.5 Å². The van der Waals surface area contributed by atoms with Gasteiger partial charge in [0.25, 0.3) is 0 Å².